The van der Waals surface area contributed by atoms with E-state index in [1.54, 1.807) is 0 Å². The molecule has 0 spiro atoms. The van der Waals surface area contributed by atoms with Gasteiger partial charge in [-0.15, -0.1) is 0 Å². The number of hydrogen-bond acceptors (Lipinski definition) is 3. The minimum absolute atomic E-state index is 0.129. The zero-order valence-electron chi connectivity index (χ0n) is 13.3. The van der Waals surface area contributed by atoms with E-state index < -0.39 is 0 Å². The molecule has 0 saturated carbocycles. The van der Waals surface area contributed by atoms with Crippen LogP contribution in [0.1, 0.15) is 33.6 Å². The van der Waals surface area contributed by atoms with E-state index in [1.807, 2.05) is 0 Å². The molecular weight excluding hydrogens is 248 g/mol. The van der Waals surface area contributed by atoms with Crippen molar-refractivity contribution in [1.29, 1.82) is 0 Å². The Labute approximate surface area is 123 Å². The van der Waals surface area contributed by atoms with Crippen molar-refractivity contribution in [2.75, 3.05) is 39.3 Å². The fourth-order valence-electron chi connectivity index (χ4n) is 3.47. The van der Waals surface area contributed by atoms with Crippen molar-refractivity contribution < 1.29 is 5.11 Å². The van der Waals surface area contributed by atoms with Gasteiger partial charge < -0.3 is 10.4 Å². The van der Waals surface area contributed by atoms with Gasteiger partial charge in [-0.3, -0.25) is 4.90 Å². The number of aliphatic hydroxyl groups is 1. The first-order valence-corrected chi connectivity index (χ1v) is 7.89. The summed E-state index contributed by atoms with van der Waals surface area (Å²) in [7, 11) is 0. The van der Waals surface area contributed by atoms with Gasteiger partial charge in [-0.1, -0.05) is 23.3 Å². The molecule has 3 nitrogen and oxygen atoms in total. The number of rotatable bonds is 6. The smallest absolute Gasteiger partial charge is 0.0515 e. The number of aliphatic hydroxyl groups excluding tert-OH is 1. The highest BCUT2D eigenvalue weighted by atomic mass is 16.3. The normalized spacial score (nSPS) is 30.6. The van der Waals surface area contributed by atoms with E-state index in [2.05, 4.69) is 43.1 Å². The maximum absolute atomic E-state index is 9.70. The zero-order chi connectivity index (χ0) is 14.6. The lowest BCUT2D eigenvalue weighted by Crippen LogP contribution is -2.36. The van der Waals surface area contributed by atoms with Crippen LogP contribution in [0.25, 0.3) is 0 Å². The van der Waals surface area contributed by atoms with Gasteiger partial charge >= 0.3 is 0 Å². The number of fused-ring (bicyclic) bond motifs is 1. The molecule has 3 heteroatoms. The van der Waals surface area contributed by atoms with Crippen molar-refractivity contribution in [2.45, 2.75) is 33.6 Å². The van der Waals surface area contributed by atoms with Gasteiger partial charge in [0.1, 0.15) is 0 Å². The van der Waals surface area contributed by atoms with Crippen LogP contribution in [0.15, 0.2) is 23.3 Å². The Hall–Kier alpha value is -0.640. The molecule has 0 amide bonds. The van der Waals surface area contributed by atoms with Crippen LogP contribution >= 0.6 is 0 Å². The first-order chi connectivity index (χ1) is 9.55. The van der Waals surface area contributed by atoms with Crippen LogP contribution in [0.5, 0.6) is 0 Å². The van der Waals surface area contributed by atoms with Gasteiger partial charge in [0.15, 0.2) is 0 Å². The summed E-state index contributed by atoms with van der Waals surface area (Å²) in [6, 6.07) is 0. The highest BCUT2D eigenvalue weighted by molar-refractivity contribution is 5.07. The molecule has 0 bridgehead atoms. The van der Waals surface area contributed by atoms with Crippen molar-refractivity contribution in [2.24, 2.45) is 11.3 Å². The van der Waals surface area contributed by atoms with Crippen molar-refractivity contribution in [3.05, 3.63) is 23.3 Å². The molecule has 2 heterocycles. The second kappa shape index (κ2) is 6.88. The molecule has 2 atom stereocenters. The fraction of sp³-hybridized carbons (Fsp3) is 0.765. The quantitative estimate of drug-likeness (QED) is 0.731. The van der Waals surface area contributed by atoms with Crippen LogP contribution in [-0.2, 0) is 0 Å². The second-order valence-corrected chi connectivity index (χ2v) is 6.91. The Morgan fingerprint density at radius 3 is 2.80 bits per heavy atom. The SMILES string of the molecule is CC(C)=CCC/C(C)=C/CN1CC2CNCC2(CO)C1. The van der Waals surface area contributed by atoms with E-state index in [4.69, 9.17) is 0 Å². The van der Waals surface area contributed by atoms with Crippen LogP contribution in [0, 0.1) is 11.3 Å². The first-order valence-electron chi connectivity index (χ1n) is 7.89. The maximum atomic E-state index is 9.70. The summed E-state index contributed by atoms with van der Waals surface area (Å²) >= 11 is 0. The van der Waals surface area contributed by atoms with Crippen LogP contribution in [-0.4, -0.2) is 49.3 Å². The number of hydrogen-bond donors (Lipinski definition) is 2. The van der Waals surface area contributed by atoms with Crippen molar-refractivity contribution >= 4 is 0 Å². The minimum Gasteiger partial charge on any atom is -0.396 e. The summed E-state index contributed by atoms with van der Waals surface area (Å²) in [6.45, 7) is 12.1. The van der Waals surface area contributed by atoms with Gasteiger partial charge in [-0.05, 0) is 46.1 Å². The van der Waals surface area contributed by atoms with Crippen LogP contribution in [0.2, 0.25) is 0 Å². The van der Waals surface area contributed by atoms with Crippen molar-refractivity contribution in [3.63, 3.8) is 0 Å². The largest absolute Gasteiger partial charge is 0.396 e. The lowest BCUT2D eigenvalue weighted by atomic mass is 9.82. The molecule has 2 unspecified atom stereocenters. The predicted octanol–water partition coefficient (Wildman–Crippen LogP) is 2.19. The van der Waals surface area contributed by atoms with E-state index in [0.717, 1.165) is 45.6 Å². The Kier molecular flexibility index (Phi) is 5.42. The molecule has 2 fully saturated rings. The van der Waals surface area contributed by atoms with Gasteiger partial charge in [-0.2, -0.15) is 0 Å². The minimum atomic E-state index is 0.129. The molecule has 0 aliphatic carbocycles. The highest BCUT2D eigenvalue weighted by Crippen LogP contribution is 2.38. The molecule has 2 rings (SSSR count). The van der Waals surface area contributed by atoms with Crippen molar-refractivity contribution in [3.8, 4) is 0 Å². The van der Waals surface area contributed by atoms with E-state index in [1.165, 1.54) is 11.1 Å². The molecule has 20 heavy (non-hydrogen) atoms. The molecule has 0 radical (unpaired) electrons. The Balaban J connectivity index is 1.79. The Morgan fingerprint density at radius 1 is 1.35 bits per heavy atom. The number of nitrogens with zero attached hydrogens (tertiary/aromatic N) is 1. The van der Waals surface area contributed by atoms with E-state index in [-0.39, 0.29) is 5.41 Å². The average molecular weight is 278 g/mol. The van der Waals surface area contributed by atoms with Gasteiger partial charge in [0, 0.05) is 31.6 Å². The number of nitrogens with one attached hydrogen (secondary N) is 1. The van der Waals surface area contributed by atoms with E-state index >= 15 is 0 Å². The summed E-state index contributed by atoms with van der Waals surface area (Å²) in [5, 5.41) is 13.1. The van der Waals surface area contributed by atoms with Gasteiger partial charge in [0.05, 0.1) is 6.61 Å². The molecule has 2 aliphatic heterocycles. The third-order valence-electron chi connectivity index (χ3n) is 4.86. The van der Waals surface area contributed by atoms with Crippen LogP contribution in [0.3, 0.4) is 0 Å². The summed E-state index contributed by atoms with van der Waals surface area (Å²) in [5.74, 6) is 0.631. The van der Waals surface area contributed by atoms with Gasteiger partial charge in [-0.25, -0.2) is 0 Å². The van der Waals surface area contributed by atoms with E-state index in [9.17, 15) is 5.11 Å². The fourth-order valence-corrected chi connectivity index (χ4v) is 3.47. The molecule has 0 aromatic carbocycles. The third-order valence-corrected chi connectivity index (χ3v) is 4.86. The lowest BCUT2D eigenvalue weighted by Gasteiger charge is -2.25. The first kappa shape index (κ1) is 15.7. The average Bonchev–Trinajstić information content (AvgIpc) is 2.92. The third kappa shape index (κ3) is 3.72. The molecule has 2 saturated heterocycles. The molecular formula is C17H30N2O. The molecule has 2 aliphatic rings. The number of allylic oxidation sites excluding steroid dienone is 3. The molecule has 2 N–H and O–H groups in total. The van der Waals surface area contributed by atoms with Crippen LogP contribution < -0.4 is 5.32 Å². The molecule has 114 valence electrons. The molecule has 0 aromatic heterocycles. The second-order valence-electron chi connectivity index (χ2n) is 6.91. The standard InChI is InChI=1S/C17H30N2O/c1-14(2)5-4-6-15(3)7-8-19-10-16-9-18-11-17(16,12-19)13-20/h5,7,16,18,20H,4,6,8-13H2,1-3H3/b15-7+. The van der Waals surface area contributed by atoms with Crippen LogP contribution in [0.4, 0.5) is 0 Å². The Bertz CT molecular complexity index is 384. The predicted molar refractivity (Wildman–Crippen MR) is 84.7 cm³/mol. The zero-order valence-corrected chi connectivity index (χ0v) is 13.3. The summed E-state index contributed by atoms with van der Waals surface area (Å²) < 4.78 is 0. The number of likely N-dealkylation sites (tertiary alicyclic amines) is 1. The summed E-state index contributed by atoms with van der Waals surface area (Å²) in [4.78, 5) is 2.51. The summed E-state index contributed by atoms with van der Waals surface area (Å²) in [6.07, 6.45) is 7.00. The molecule has 0 aromatic rings. The lowest BCUT2D eigenvalue weighted by molar-refractivity contribution is 0.126. The van der Waals surface area contributed by atoms with Gasteiger partial charge in [0.25, 0.3) is 0 Å². The van der Waals surface area contributed by atoms with Gasteiger partial charge in [0.2, 0.25) is 0 Å². The summed E-state index contributed by atoms with van der Waals surface area (Å²) in [5.41, 5.74) is 3.02. The highest BCUT2D eigenvalue weighted by Gasteiger charge is 2.48. The topological polar surface area (TPSA) is 35.5 Å². The Morgan fingerprint density at radius 2 is 2.15 bits per heavy atom. The maximum Gasteiger partial charge on any atom is 0.0515 e. The van der Waals surface area contributed by atoms with E-state index in [0.29, 0.717) is 12.5 Å². The monoisotopic (exact) mass is 278 g/mol. The van der Waals surface area contributed by atoms with Crippen molar-refractivity contribution in [1.82, 2.24) is 10.2 Å².